The van der Waals surface area contributed by atoms with E-state index in [0.717, 1.165) is 53.5 Å². The third-order valence-corrected chi connectivity index (χ3v) is 6.48. The molecular formula is C24H30BrNO5. The summed E-state index contributed by atoms with van der Waals surface area (Å²) in [5, 5.41) is 3.32. The molecule has 0 saturated heterocycles. The highest BCUT2D eigenvalue weighted by atomic mass is 79.9. The van der Waals surface area contributed by atoms with Crippen LogP contribution in [0.5, 0.6) is 11.5 Å². The predicted octanol–water partition coefficient (Wildman–Crippen LogP) is 5.17. The molecule has 3 rings (SSSR count). The largest absolute Gasteiger partial charge is 0.493 e. The van der Waals surface area contributed by atoms with Crippen molar-refractivity contribution in [2.45, 2.75) is 58.3 Å². The SMILES string of the molecule is CCCCCOC(=O)C1=C(C)NC2=C(C(=O)CCC2)[C@H]1c1cc(OC)c(OC)cc1Br. The van der Waals surface area contributed by atoms with E-state index in [1.165, 1.54) is 0 Å². The molecule has 168 valence electrons. The first-order chi connectivity index (χ1) is 14.9. The molecule has 1 atom stereocenters. The fourth-order valence-corrected chi connectivity index (χ4v) is 4.80. The zero-order valence-corrected chi connectivity index (χ0v) is 20.2. The Balaban J connectivity index is 2.10. The summed E-state index contributed by atoms with van der Waals surface area (Å²) in [7, 11) is 3.14. The summed E-state index contributed by atoms with van der Waals surface area (Å²) in [6, 6.07) is 3.65. The van der Waals surface area contributed by atoms with Crippen LogP contribution in [0, 0.1) is 0 Å². The lowest BCUT2D eigenvalue weighted by atomic mass is 9.75. The molecule has 2 aliphatic rings. The van der Waals surface area contributed by atoms with Gasteiger partial charge in [-0.1, -0.05) is 35.7 Å². The number of unbranched alkanes of at least 4 members (excludes halogenated alkanes) is 2. The van der Waals surface area contributed by atoms with Gasteiger partial charge >= 0.3 is 5.97 Å². The second-order valence-corrected chi connectivity index (χ2v) is 8.69. The van der Waals surface area contributed by atoms with Gasteiger partial charge in [-0.2, -0.15) is 0 Å². The predicted molar refractivity (Wildman–Crippen MR) is 122 cm³/mol. The number of ketones is 1. The van der Waals surface area contributed by atoms with E-state index in [-0.39, 0.29) is 5.78 Å². The van der Waals surface area contributed by atoms with Gasteiger partial charge in [0.1, 0.15) is 0 Å². The molecule has 0 aromatic heterocycles. The maximum absolute atomic E-state index is 13.2. The molecule has 7 heteroatoms. The summed E-state index contributed by atoms with van der Waals surface area (Å²) in [6.07, 6.45) is 4.92. The Hall–Kier alpha value is -2.28. The molecule has 0 radical (unpaired) electrons. The van der Waals surface area contributed by atoms with Crippen molar-refractivity contribution in [1.29, 1.82) is 0 Å². The Morgan fingerprint density at radius 1 is 1.16 bits per heavy atom. The quantitative estimate of drug-likeness (QED) is 0.399. The van der Waals surface area contributed by atoms with Gasteiger partial charge in [-0.15, -0.1) is 0 Å². The van der Waals surface area contributed by atoms with Gasteiger partial charge < -0.3 is 19.5 Å². The molecule has 1 aromatic rings. The number of carbonyl (C=O) groups excluding carboxylic acids is 2. The highest BCUT2D eigenvalue weighted by Gasteiger charge is 2.40. The Morgan fingerprint density at radius 2 is 1.87 bits per heavy atom. The average molecular weight is 492 g/mol. The van der Waals surface area contributed by atoms with Crippen LogP contribution in [0.4, 0.5) is 0 Å². The van der Waals surface area contributed by atoms with Crippen LogP contribution in [0.2, 0.25) is 0 Å². The van der Waals surface area contributed by atoms with Crippen LogP contribution in [0.25, 0.3) is 0 Å². The van der Waals surface area contributed by atoms with E-state index >= 15 is 0 Å². The minimum absolute atomic E-state index is 0.0595. The molecule has 0 spiro atoms. The number of benzene rings is 1. The summed E-state index contributed by atoms with van der Waals surface area (Å²) in [6.45, 7) is 4.34. The van der Waals surface area contributed by atoms with Crippen molar-refractivity contribution >= 4 is 27.7 Å². The van der Waals surface area contributed by atoms with Crippen molar-refractivity contribution in [2.24, 2.45) is 0 Å². The first kappa shape index (κ1) is 23.4. The Kier molecular flexibility index (Phi) is 7.81. The Labute approximate surface area is 192 Å². The summed E-state index contributed by atoms with van der Waals surface area (Å²) in [4.78, 5) is 26.2. The standard InChI is InChI=1S/C24H30BrNO5/c1-5-6-7-11-31-24(28)21-14(2)26-17-9-8-10-18(27)23(17)22(21)15-12-19(29-3)20(30-4)13-16(15)25/h12-13,22,26H,5-11H2,1-4H3/t22-/m0/s1. The lowest BCUT2D eigenvalue weighted by Crippen LogP contribution is -2.34. The number of ether oxygens (including phenoxy) is 3. The van der Waals surface area contributed by atoms with Gasteiger partial charge in [0.15, 0.2) is 17.3 Å². The second kappa shape index (κ2) is 10.4. The third kappa shape index (κ3) is 4.81. The lowest BCUT2D eigenvalue weighted by Gasteiger charge is -2.34. The minimum Gasteiger partial charge on any atom is -0.493 e. The minimum atomic E-state index is -0.531. The van der Waals surface area contributed by atoms with E-state index < -0.39 is 11.9 Å². The molecule has 0 unspecified atom stereocenters. The van der Waals surface area contributed by atoms with Crippen LogP contribution in [-0.2, 0) is 14.3 Å². The number of esters is 1. The van der Waals surface area contributed by atoms with E-state index in [4.69, 9.17) is 14.2 Å². The fraction of sp³-hybridized carbons (Fsp3) is 0.500. The first-order valence-electron chi connectivity index (χ1n) is 10.7. The van der Waals surface area contributed by atoms with E-state index in [1.54, 1.807) is 14.2 Å². The number of hydrogen-bond donors (Lipinski definition) is 1. The maximum Gasteiger partial charge on any atom is 0.336 e. The van der Waals surface area contributed by atoms with Crippen LogP contribution in [0.15, 0.2) is 39.1 Å². The summed E-state index contributed by atoms with van der Waals surface area (Å²) in [5.41, 5.74) is 3.51. The van der Waals surface area contributed by atoms with Crippen molar-refractivity contribution in [3.05, 3.63) is 44.7 Å². The molecular weight excluding hydrogens is 462 g/mol. The zero-order chi connectivity index (χ0) is 22.5. The molecule has 0 bridgehead atoms. The third-order valence-electron chi connectivity index (χ3n) is 5.79. The van der Waals surface area contributed by atoms with Crippen molar-refractivity contribution in [3.63, 3.8) is 0 Å². The van der Waals surface area contributed by atoms with Gasteiger partial charge in [0, 0.05) is 33.8 Å². The highest BCUT2D eigenvalue weighted by Crippen LogP contribution is 2.47. The van der Waals surface area contributed by atoms with Crippen LogP contribution in [0.1, 0.15) is 63.9 Å². The number of nitrogens with one attached hydrogen (secondary N) is 1. The molecule has 1 aliphatic heterocycles. The molecule has 0 saturated carbocycles. The highest BCUT2D eigenvalue weighted by molar-refractivity contribution is 9.10. The van der Waals surface area contributed by atoms with E-state index in [2.05, 4.69) is 28.2 Å². The Morgan fingerprint density at radius 3 is 2.55 bits per heavy atom. The monoisotopic (exact) mass is 491 g/mol. The number of Topliss-reactive ketones (excluding diaryl/α,β-unsaturated/α-hetero) is 1. The van der Waals surface area contributed by atoms with E-state index in [0.29, 0.717) is 35.7 Å². The van der Waals surface area contributed by atoms with Crippen molar-refractivity contribution < 1.29 is 23.8 Å². The number of carbonyl (C=O) groups is 2. The number of dihydropyridines is 1. The van der Waals surface area contributed by atoms with Gasteiger partial charge in [0.05, 0.1) is 26.4 Å². The van der Waals surface area contributed by atoms with Crippen molar-refractivity contribution in [2.75, 3.05) is 20.8 Å². The smallest absolute Gasteiger partial charge is 0.336 e. The molecule has 0 fully saturated rings. The Bertz CT molecular complexity index is 934. The van der Waals surface area contributed by atoms with E-state index in [9.17, 15) is 9.59 Å². The first-order valence-corrected chi connectivity index (χ1v) is 11.5. The zero-order valence-electron chi connectivity index (χ0n) is 18.6. The maximum atomic E-state index is 13.2. The fourth-order valence-electron chi connectivity index (χ4n) is 4.25. The van der Waals surface area contributed by atoms with Crippen LogP contribution in [0.3, 0.4) is 0 Å². The molecule has 1 N–H and O–H groups in total. The van der Waals surface area contributed by atoms with Gasteiger partial charge in [0.2, 0.25) is 0 Å². The lowest BCUT2D eigenvalue weighted by molar-refractivity contribution is -0.139. The number of allylic oxidation sites excluding steroid dienone is 3. The topological polar surface area (TPSA) is 73.9 Å². The molecule has 0 amide bonds. The number of rotatable bonds is 8. The normalized spacial score (nSPS) is 18.5. The summed E-state index contributed by atoms with van der Waals surface area (Å²) in [5.74, 6) is 0.248. The van der Waals surface area contributed by atoms with Crippen LogP contribution >= 0.6 is 15.9 Å². The van der Waals surface area contributed by atoms with Gasteiger partial charge in [0.25, 0.3) is 0 Å². The van der Waals surface area contributed by atoms with Gasteiger partial charge in [-0.25, -0.2) is 4.79 Å². The van der Waals surface area contributed by atoms with Crippen molar-refractivity contribution in [3.8, 4) is 11.5 Å². The van der Waals surface area contributed by atoms with E-state index in [1.807, 2.05) is 19.1 Å². The number of halogens is 1. The number of methoxy groups -OCH3 is 2. The van der Waals surface area contributed by atoms with Crippen LogP contribution < -0.4 is 14.8 Å². The summed E-state index contributed by atoms with van der Waals surface area (Å²) >= 11 is 3.63. The summed E-state index contributed by atoms with van der Waals surface area (Å²) < 4.78 is 17.3. The second-order valence-electron chi connectivity index (χ2n) is 7.84. The molecule has 1 aromatic carbocycles. The van der Waals surface area contributed by atoms with Crippen molar-refractivity contribution in [1.82, 2.24) is 5.32 Å². The van der Waals surface area contributed by atoms with Gasteiger partial charge in [-0.05, 0) is 43.9 Å². The average Bonchev–Trinajstić information content (AvgIpc) is 2.75. The molecule has 6 nitrogen and oxygen atoms in total. The number of hydrogen-bond acceptors (Lipinski definition) is 6. The van der Waals surface area contributed by atoms with Crippen LogP contribution in [-0.4, -0.2) is 32.6 Å². The molecule has 1 heterocycles. The van der Waals surface area contributed by atoms with Gasteiger partial charge in [-0.3, -0.25) is 4.79 Å². The molecule has 31 heavy (non-hydrogen) atoms. The molecule has 1 aliphatic carbocycles.